The largest absolute Gasteiger partial charge is 0.497 e. The number of carbonyl (C=O) groups is 2. The van der Waals surface area contributed by atoms with E-state index < -0.39 is 12.1 Å². The predicted octanol–water partition coefficient (Wildman–Crippen LogP) is 0.939. The van der Waals surface area contributed by atoms with Crippen molar-refractivity contribution < 1.29 is 28.5 Å². The molecule has 1 saturated heterocycles. The minimum absolute atomic E-state index is 0.0939. The first-order valence-corrected chi connectivity index (χ1v) is 10.9. The van der Waals surface area contributed by atoms with Crippen molar-refractivity contribution in [2.24, 2.45) is 0 Å². The molecule has 2 aromatic heterocycles. The van der Waals surface area contributed by atoms with Gasteiger partial charge in [0.1, 0.15) is 17.5 Å². The molecule has 12 nitrogen and oxygen atoms in total. The number of nitrogens with zero attached hydrogens (tertiary/aromatic N) is 5. The number of aryl methyl sites for hydroxylation is 1. The number of pyridine rings is 1. The maximum absolute atomic E-state index is 12.7. The maximum atomic E-state index is 12.7. The molecule has 4 rings (SSSR count). The average molecular weight is 482 g/mol. The lowest BCUT2D eigenvalue weighted by Gasteiger charge is -2.27. The number of nitrogens with one attached hydrogen (secondary N) is 1. The highest BCUT2D eigenvalue weighted by atomic mass is 16.6. The molecule has 1 aliphatic heterocycles. The first-order chi connectivity index (χ1) is 16.9. The van der Waals surface area contributed by atoms with E-state index in [-0.39, 0.29) is 30.9 Å². The van der Waals surface area contributed by atoms with E-state index in [0.29, 0.717) is 30.2 Å². The van der Waals surface area contributed by atoms with Gasteiger partial charge in [0.25, 0.3) is 5.91 Å². The van der Waals surface area contributed by atoms with Gasteiger partial charge in [0.15, 0.2) is 6.10 Å². The number of esters is 1. The molecular weight excluding hydrogens is 456 g/mol. The van der Waals surface area contributed by atoms with Crippen LogP contribution >= 0.6 is 0 Å². The Morgan fingerprint density at radius 1 is 1.17 bits per heavy atom. The molecule has 1 fully saturated rings. The lowest BCUT2D eigenvalue weighted by Crippen LogP contribution is -2.42. The molecule has 0 spiro atoms. The summed E-state index contributed by atoms with van der Waals surface area (Å²) in [6, 6.07) is 10.9. The van der Waals surface area contributed by atoms with Crippen molar-refractivity contribution in [2.75, 3.05) is 27.4 Å². The zero-order chi connectivity index (χ0) is 24.8. The van der Waals surface area contributed by atoms with Crippen molar-refractivity contribution in [3.8, 4) is 17.1 Å². The molecule has 35 heavy (non-hydrogen) atoms. The smallest absolute Gasteiger partial charge is 0.337 e. The highest BCUT2D eigenvalue weighted by molar-refractivity contribution is 5.93. The quantitative estimate of drug-likeness (QED) is 0.461. The molecule has 184 valence electrons. The van der Waals surface area contributed by atoms with Gasteiger partial charge in [-0.1, -0.05) is 12.1 Å². The Kier molecular flexibility index (Phi) is 7.63. The number of amides is 1. The molecule has 0 unspecified atom stereocenters. The molecule has 0 aliphatic carbocycles. The van der Waals surface area contributed by atoms with E-state index in [0.717, 1.165) is 11.3 Å². The van der Waals surface area contributed by atoms with E-state index >= 15 is 0 Å². The summed E-state index contributed by atoms with van der Waals surface area (Å²) in [6.45, 7) is 2.70. The highest BCUT2D eigenvalue weighted by Gasteiger charge is 2.29. The van der Waals surface area contributed by atoms with Crippen LogP contribution < -0.4 is 10.1 Å². The molecular formula is C23H26N6O6. The predicted molar refractivity (Wildman–Crippen MR) is 121 cm³/mol. The number of hydrogen-bond donors (Lipinski definition) is 1. The Balaban J connectivity index is 1.39. The van der Waals surface area contributed by atoms with Crippen LogP contribution in [0.1, 0.15) is 21.7 Å². The van der Waals surface area contributed by atoms with Gasteiger partial charge in [-0.15, -0.1) is 10.2 Å². The summed E-state index contributed by atoms with van der Waals surface area (Å²) in [6.07, 6.45) is -1.07. The number of aromatic nitrogens is 5. The number of carbonyl (C=O) groups excluding carboxylic acids is 2. The lowest BCUT2D eigenvalue weighted by atomic mass is 10.1. The fourth-order valence-corrected chi connectivity index (χ4v) is 3.50. The third-order valence-electron chi connectivity index (χ3n) is 5.28. The minimum atomic E-state index is -0.733. The zero-order valence-electron chi connectivity index (χ0n) is 19.6. The van der Waals surface area contributed by atoms with Crippen LogP contribution in [0.3, 0.4) is 0 Å². The fraction of sp³-hybridized carbons (Fsp3) is 0.391. The standard InChI is InChI=1S/C23H26N6O6/c1-14-7-16(9-19(25-14)22(30)24-10-15-5-4-6-17(8-15)32-2)21-26-28-29(27-21)11-18-12-35-20(13-34-18)23(31)33-3/h4-9,18,20H,10-13H2,1-3H3,(H,24,30)/t18-,20-/m0/s1. The first-order valence-electron chi connectivity index (χ1n) is 10.9. The van der Waals surface area contributed by atoms with Gasteiger partial charge in [0.2, 0.25) is 5.82 Å². The van der Waals surface area contributed by atoms with Crippen LogP contribution in [0.25, 0.3) is 11.4 Å². The Morgan fingerprint density at radius 3 is 2.77 bits per heavy atom. The Hall–Kier alpha value is -3.90. The van der Waals surface area contributed by atoms with Gasteiger partial charge in [-0.3, -0.25) is 4.79 Å². The van der Waals surface area contributed by atoms with Gasteiger partial charge in [-0.25, -0.2) is 9.78 Å². The number of rotatable bonds is 8. The van der Waals surface area contributed by atoms with Crippen LogP contribution in [0.15, 0.2) is 36.4 Å². The van der Waals surface area contributed by atoms with Crippen LogP contribution in [0.5, 0.6) is 5.75 Å². The summed E-state index contributed by atoms with van der Waals surface area (Å²) in [4.78, 5) is 30.0. The Labute approximate surface area is 201 Å². The summed E-state index contributed by atoms with van der Waals surface area (Å²) >= 11 is 0. The molecule has 3 aromatic rings. The zero-order valence-corrected chi connectivity index (χ0v) is 19.6. The second-order valence-electron chi connectivity index (χ2n) is 7.89. The van der Waals surface area contributed by atoms with Crippen LogP contribution in [0.4, 0.5) is 0 Å². The van der Waals surface area contributed by atoms with Crippen molar-refractivity contribution in [1.82, 2.24) is 30.5 Å². The van der Waals surface area contributed by atoms with Gasteiger partial charge in [-0.05, 0) is 42.0 Å². The van der Waals surface area contributed by atoms with Crippen LogP contribution in [-0.4, -0.2) is 76.7 Å². The molecule has 0 bridgehead atoms. The molecule has 1 aromatic carbocycles. The highest BCUT2D eigenvalue weighted by Crippen LogP contribution is 2.18. The molecule has 2 atom stereocenters. The molecule has 12 heteroatoms. The van der Waals surface area contributed by atoms with Gasteiger partial charge >= 0.3 is 5.97 Å². The summed E-state index contributed by atoms with van der Waals surface area (Å²) in [5.41, 5.74) is 2.41. The van der Waals surface area contributed by atoms with Crippen molar-refractivity contribution >= 4 is 11.9 Å². The summed E-state index contributed by atoms with van der Waals surface area (Å²) < 4.78 is 21.0. The average Bonchev–Trinajstić information content (AvgIpc) is 3.35. The Bertz CT molecular complexity index is 1190. The van der Waals surface area contributed by atoms with Gasteiger partial charge < -0.3 is 24.3 Å². The van der Waals surface area contributed by atoms with E-state index in [4.69, 9.17) is 14.2 Å². The number of hydrogen-bond acceptors (Lipinski definition) is 10. The lowest BCUT2D eigenvalue weighted by molar-refractivity contribution is -0.180. The summed E-state index contributed by atoms with van der Waals surface area (Å²) in [5, 5.41) is 15.4. The SMILES string of the molecule is COC(=O)[C@@H]1CO[C@@H](Cn2nnc(-c3cc(C)nc(C(=O)NCc4cccc(OC)c4)c3)n2)CO1. The second kappa shape index (κ2) is 11.0. The van der Waals surface area contributed by atoms with Gasteiger partial charge in [0.05, 0.1) is 34.0 Å². The van der Waals surface area contributed by atoms with Crippen molar-refractivity contribution in [1.29, 1.82) is 0 Å². The minimum Gasteiger partial charge on any atom is -0.497 e. The van der Waals surface area contributed by atoms with Crippen LogP contribution in [-0.2, 0) is 32.1 Å². The molecule has 0 saturated carbocycles. The van der Waals surface area contributed by atoms with E-state index in [1.807, 2.05) is 24.3 Å². The van der Waals surface area contributed by atoms with Gasteiger partial charge in [-0.2, -0.15) is 4.80 Å². The van der Waals surface area contributed by atoms with E-state index in [1.165, 1.54) is 11.9 Å². The second-order valence-corrected chi connectivity index (χ2v) is 7.89. The normalized spacial score (nSPS) is 17.6. The van der Waals surface area contributed by atoms with Crippen LogP contribution in [0.2, 0.25) is 0 Å². The van der Waals surface area contributed by atoms with E-state index in [1.54, 1.807) is 26.2 Å². The number of ether oxygens (including phenoxy) is 4. The molecule has 1 amide bonds. The number of benzene rings is 1. The van der Waals surface area contributed by atoms with Crippen molar-refractivity contribution in [2.45, 2.75) is 32.2 Å². The summed E-state index contributed by atoms with van der Waals surface area (Å²) in [7, 11) is 2.89. The fourth-order valence-electron chi connectivity index (χ4n) is 3.50. The number of tetrazole rings is 1. The Morgan fingerprint density at radius 2 is 2.03 bits per heavy atom. The molecule has 3 heterocycles. The topological polar surface area (TPSA) is 140 Å². The third kappa shape index (κ3) is 6.16. The molecule has 1 N–H and O–H groups in total. The monoisotopic (exact) mass is 482 g/mol. The molecule has 1 aliphatic rings. The van der Waals surface area contributed by atoms with Crippen molar-refractivity contribution in [3.63, 3.8) is 0 Å². The van der Waals surface area contributed by atoms with Crippen molar-refractivity contribution in [3.05, 3.63) is 53.3 Å². The third-order valence-corrected chi connectivity index (χ3v) is 5.28. The van der Waals surface area contributed by atoms with Crippen LogP contribution in [0, 0.1) is 6.92 Å². The molecule has 0 radical (unpaired) electrons. The van der Waals surface area contributed by atoms with Gasteiger partial charge in [0, 0.05) is 17.8 Å². The summed E-state index contributed by atoms with van der Waals surface area (Å²) in [5.74, 6) is 0.274. The van der Waals surface area contributed by atoms with E-state index in [9.17, 15) is 9.59 Å². The maximum Gasteiger partial charge on any atom is 0.337 e. The number of methoxy groups -OCH3 is 2. The van der Waals surface area contributed by atoms with E-state index in [2.05, 4.69) is 30.4 Å². The first kappa shape index (κ1) is 24.2.